The number of amides is 1. The van der Waals surface area contributed by atoms with Gasteiger partial charge in [0.1, 0.15) is 10.8 Å². The first-order valence-electron chi connectivity index (χ1n) is 8.81. The van der Waals surface area contributed by atoms with Gasteiger partial charge in [-0.1, -0.05) is 0 Å². The molecule has 1 aromatic heterocycles. The molecular formula is C19H25N3O2S. The summed E-state index contributed by atoms with van der Waals surface area (Å²) in [6.07, 6.45) is 2.42. The maximum atomic E-state index is 12.5. The van der Waals surface area contributed by atoms with Crippen LogP contribution in [-0.4, -0.2) is 48.6 Å². The average molecular weight is 359 g/mol. The van der Waals surface area contributed by atoms with Gasteiger partial charge in [0.25, 0.3) is 0 Å². The molecule has 0 spiro atoms. The second kappa shape index (κ2) is 8.45. The Morgan fingerprint density at radius 2 is 2.04 bits per heavy atom. The van der Waals surface area contributed by atoms with Crippen molar-refractivity contribution in [2.75, 3.05) is 26.7 Å². The Morgan fingerprint density at radius 1 is 1.32 bits per heavy atom. The van der Waals surface area contributed by atoms with Crippen molar-refractivity contribution in [1.82, 2.24) is 15.2 Å². The number of hydrogen-bond acceptors (Lipinski definition) is 5. The molecule has 5 nitrogen and oxygen atoms in total. The highest BCUT2D eigenvalue weighted by Gasteiger charge is 2.22. The number of piperidine rings is 1. The van der Waals surface area contributed by atoms with Gasteiger partial charge in [-0.3, -0.25) is 4.79 Å². The highest BCUT2D eigenvalue weighted by atomic mass is 32.1. The summed E-state index contributed by atoms with van der Waals surface area (Å²) >= 11 is 1.58. The van der Waals surface area contributed by atoms with E-state index in [1.807, 2.05) is 48.5 Å². The van der Waals surface area contributed by atoms with Crippen molar-refractivity contribution in [3.05, 3.63) is 35.3 Å². The van der Waals surface area contributed by atoms with Crippen LogP contribution in [0.4, 0.5) is 0 Å². The lowest BCUT2D eigenvalue weighted by Crippen LogP contribution is -2.44. The van der Waals surface area contributed by atoms with Gasteiger partial charge >= 0.3 is 0 Å². The monoisotopic (exact) mass is 359 g/mol. The second-order valence-corrected chi connectivity index (χ2v) is 7.12. The summed E-state index contributed by atoms with van der Waals surface area (Å²) in [6, 6.07) is 8.27. The summed E-state index contributed by atoms with van der Waals surface area (Å²) in [5, 5.41) is 6.26. The summed E-state index contributed by atoms with van der Waals surface area (Å²) < 4.78 is 5.47. The van der Waals surface area contributed by atoms with Gasteiger partial charge in [-0.25, -0.2) is 4.98 Å². The molecule has 0 radical (unpaired) electrons. The number of carbonyl (C=O) groups is 1. The Balaban J connectivity index is 1.61. The van der Waals surface area contributed by atoms with Crippen LogP contribution >= 0.6 is 11.3 Å². The molecule has 1 N–H and O–H groups in total. The van der Waals surface area contributed by atoms with Crippen LogP contribution in [0.2, 0.25) is 0 Å². The number of likely N-dealkylation sites (N-methyl/N-ethyl adjacent to an activating group) is 1. The number of ether oxygens (including phenoxy) is 1. The Hall–Kier alpha value is -1.92. The number of nitrogens with one attached hydrogen (secondary N) is 1. The van der Waals surface area contributed by atoms with Crippen LogP contribution in [0.3, 0.4) is 0 Å². The molecule has 2 aromatic rings. The van der Waals surface area contributed by atoms with Crippen LogP contribution in [0, 0.1) is 0 Å². The molecule has 3 rings (SSSR count). The van der Waals surface area contributed by atoms with E-state index in [9.17, 15) is 4.79 Å². The molecule has 0 aliphatic carbocycles. The number of benzene rings is 1. The Bertz CT molecular complexity index is 693. The van der Waals surface area contributed by atoms with Crippen LogP contribution in [0.15, 0.2) is 29.6 Å². The Labute approximate surface area is 153 Å². The lowest BCUT2D eigenvalue weighted by atomic mass is 10.0. The molecule has 1 amide bonds. The van der Waals surface area contributed by atoms with Crippen molar-refractivity contribution in [1.29, 1.82) is 0 Å². The first kappa shape index (κ1) is 17.9. The highest BCUT2D eigenvalue weighted by Crippen LogP contribution is 2.26. The largest absolute Gasteiger partial charge is 0.494 e. The summed E-state index contributed by atoms with van der Waals surface area (Å²) in [7, 11) is 1.91. The zero-order valence-corrected chi connectivity index (χ0v) is 15.6. The molecule has 1 aliphatic heterocycles. The number of hydrogen-bond donors (Lipinski definition) is 1. The van der Waals surface area contributed by atoms with E-state index in [4.69, 9.17) is 4.74 Å². The SMILES string of the molecule is CCOc1ccc(-c2nc(CC(=O)N(C)C3CCNCC3)cs2)cc1. The predicted octanol–water partition coefficient (Wildman–Crippen LogP) is 2.96. The van der Waals surface area contributed by atoms with Gasteiger partial charge in [-0.15, -0.1) is 11.3 Å². The van der Waals surface area contributed by atoms with Crippen LogP contribution < -0.4 is 10.1 Å². The third kappa shape index (κ3) is 4.58. The van der Waals surface area contributed by atoms with E-state index in [0.29, 0.717) is 19.1 Å². The van der Waals surface area contributed by atoms with Gasteiger partial charge in [0, 0.05) is 24.0 Å². The van der Waals surface area contributed by atoms with Crippen molar-refractivity contribution in [3.8, 4) is 16.3 Å². The molecule has 25 heavy (non-hydrogen) atoms. The molecule has 1 saturated heterocycles. The minimum absolute atomic E-state index is 0.149. The van der Waals surface area contributed by atoms with E-state index in [-0.39, 0.29) is 5.91 Å². The van der Waals surface area contributed by atoms with Gasteiger partial charge in [0.2, 0.25) is 5.91 Å². The zero-order chi connectivity index (χ0) is 17.6. The van der Waals surface area contributed by atoms with Crippen molar-refractivity contribution in [2.45, 2.75) is 32.2 Å². The van der Waals surface area contributed by atoms with E-state index in [1.165, 1.54) is 0 Å². The molecule has 0 atom stereocenters. The molecule has 2 heterocycles. The molecule has 1 aromatic carbocycles. The minimum atomic E-state index is 0.149. The maximum Gasteiger partial charge on any atom is 0.228 e. The molecule has 0 saturated carbocycles. The van der Waals surface area contributed by atoms with Gasteiger partial charge in [0.15, 0.2) is 0 Å². The molecule has 1 aliphatic rings. The smallest absolute Gasteiger partial charge is 0.228 e. The Kier molecular flexibility index (Phi) is 6.04. The first-order valence-corrected chi connectivity index (χ1v) is 9.69. The fourth-order valence-electron chi connectivity index (χ4n) is 3.06. The third-order valence-corrected chi connectivity index (χ3v) is 5.49. The molecular weight excluding hydrogens is 334 g/mol. The lowest BCUT2D eigenvalue weighted by molar-refractivity contribution is -0.131. The molecule has 0 bridgehead atoms. The van der Waals surface area contributed by atoms with Crippen molar-refractivity contribution >= 4 is 17.2 Å². The number of nitrogens with zero attached hydrogens (tertiary/aromatic N) is 2. The first-order chi connectivity index (χ1) is 12.2. The van der Waals surface area contributed by atoms with Crippen LogP contribution in [0.25, 0.3) is 10.6 Å². The van der Waals surface area contributed by atoms with Gasteiger partial charge in [-0.05, 0) is 57.1 Å². The van der Waals surface area contributed by atoms with Gasteiger partial charge < -0.3 is 15.0 Å². The second-order valence-electron chi connectivity index (χ2n) is 6.26. The zero-order valence-electron chi connectivity index (χ0n) is 14.8. The van der Waals surface area contributed by atoms with Gasteiger partial charge in [-0.2, -0.15) is 0 Å². The summed E-state index contributed by atoms with van der Waals surface area (Å²) in [5.74, 6) is 1.01. The number of carbonyl (C=O) groups excluding carboxylic acids is 1. The van der Waals surface area contributed by atoms with E-state index in [0.717, 1.165) is 47.9 Å². The topological polar surface area (TPSA) is 54.5 Å². The Morgan fingerprint density at radius 3 is 2.72 bits per heavy atom. The van der Waals surface area contributed by atoms with E-state index in [2.05, 4.69) is 10.3 Å². The highest BCUT2D eigenvalue weighted by molar-refractivity contribution is 7.13. The van der Waals surface area contributed by atoms with E-state index >= 15 is 0 Å². The van der Waals surface area contributed by atoms with Crippen LogP contribution in [-0.2, 0) is 11.2 Å². The van der Waals surface area contributed by atoms with E-state index in [1.54, 1.807) is 11.3 Å². The maximum absolute atomic E-state index is 12.5. The average Bonchev–Trinajstić information content (AvgIpc) is 3.11. The number of aromatic nitrogens is 1. The van der Waals surface area contributed by atoms with Crippen LogP contribution in [0.1, 0.15) is 25.5 Å². The molecule has 134 valence electrons. The molecule has 6 heteroatoms. The quantitative estimate of drug-likeness (QED) is 0.862. The molecule has 1 fully saturated rings. The summed E-state index contributed by atoms with van der Waals surface area (Å²) in [5.41, 5.74) is 1.90. The lowest BCUT2D eigenvalue weighted by Gasteiger charge is -2.31. The summed E-state index contributed by atoms with van der Waals surface area (Å²) in [4.78, 5) is 19.1. The summed E-state index contributed by atoms with van der Waals surface area (Å²) in [6.45, 7) is 4.61. The van der Waals surface area contributed by atoms with E-state index < -0.39 is 0 Å². The predicted molar refractivity (Wildman–Crippen MR) is 101 cm³/mol. The fraction of sp³-hybridized carbons (Fsp3) is 0.474. The molecule has 0 unspecified atom stereocenters. The van der Waals surface area contributed by atoms with Crippen LogP contribution in [0.5, 0.6) is 5.75 Å². The number of thiazole rings is 1. The minimum Gasteiger partial charge on any atom is -0.494 e. The van der Waals surface area contributed by atoms with Gasteiger partial charge in [0.05, 0.1) is 18.7 Å². The third-order valence-electron chi connectivity index (χ3n) is 4.55. The van der Waals surface area contributed by atoms with Crippen molar-refractivity contribution in [2.24, 2.45) is 0 Å². The standard InChI is InChI=1S/C19H25N3O2S/c1-3-24-17-6-4-14(5-7-17)19-21-15(13-25-19)12-18(23)22(2)16-8-10-20-11-9-16/h4-7,13,16,20H,3,8-12H2,1-2H3. The van der Waals surface area contributed by atoms with Crippen molar-refractivity contribution in [3.63, 3.8) is 0 Å². The fourth-order valence-corrected chi connectivity index (χ4v) is 3.88. The van der Waals surface area contributed by atoms with Crippen molar-refractivity contribution < 1.29 is 9.53 Å². The normalized spacial score (nSPS) is 15.1. The number of rotatable bonds is 6.